The molecule has 1 saturated heterocycles. The van der Waals surface area contributed by atoms with Gasteiger partial charge in [0.25, 0.3) is 0 Å². The van der Waals surface area contributed by atoms with Gasteiger partial charge in [0, 0.05) is 38.0 Å². The predicted molar refractivity (Wildman–Crippen MR) is 122 cm³/mol. The third-order valence-corrected chi connectivity index (χ3v) is 7.66. The zero-order valence-corrected chi connectivity index (χ0v) is 20.2. The lowest BCUT2D eigenvalue weighted by molar-refractivity contribution is -0.125. The Morgan fingerprint density at radius 1 is 1.05 bits per heavy atom. The van der Waals surface area contributed by atoms with Crippen molar-refractivity contribution < 1.29 is 35.2 Å². The second kappa shape index (κ2) is 10.1. The Bertz CT molecular complexity index is 1400. The van der Waals surface area contributed by atoms with Gasteiger partial charge in [-0.3, -0.25) is 4.79 Å². The van der Waals surface area contributed by atoms with Crippen molar-refractivity contribution in [3.8, 4) is 11.1 Å². The molecule has 4 rings (SSSR count). The number of aromatic nitrogens is 2. The maximum absolute atomic E-state index is 14.6. The molecule has 0 unspecified atom stereocenters. The zero-order chi connectivity index (χ0) is 27.0. The smallest absolute Gasteiger partial charge is 0.303 e. The molecule has 1 amide bonds. The van der Waals surface area contributed by atoms with E-state index in [1.165, 1.54) is 6.07 Å². The summed E-state index contributed by atoms with van der Waals surface area (Å²) in [6, 6.07) is 5.96. The van der Waals surface area contributed by atoms with E-state index in [0.717, 1.165) is 53.1 Å². The number of hydrogen-bond donors (Lipinski definition) is 1. The second-order valence-electron chi connectivity index (χ2n) is 8.57. The molecule has 0 radical (unpaired) electrons. The Morgan fingerprint density at radius 2 is 1.70 bits per heavy atom. The third kappa shape index (κ3) is 5.77. The number of amides is 1. The van der Waals surface area contributed by atoms with Crippen molar-refractivity contribution in [2.24, 2.45) is 0 Å². The summed E-state index contributed by atoms with van der Waals surface area (Å²) in [4.78, 5) is 19.8. The van der Waals surface area contributed by atoms with Crippen LogP contribution >= 0.6 is 0 Å². The molecule has 0 spiro atoms. The van der Waals surface area contributed by atoms with E-state index in [0.29, 0.717) is 6.92 Å². The van der Waals surface area contributed by atoms with Crippen LogP contribution in [0.2, 0.25) is 0 Å². The molecule has 2 aromatic carbocycles. The van der Waals surface area contributed by atoms with Gasteiger partial charge in [-0.15, -0.1) is 0 Å². The molecule has 1 aromatic heterocycles. The van der Waals surface area contributed by atoms with Crippen LogP contribution in [0.3, 0.4) is 0 Å². The second-order valence-corrected chi connectivity index (χ2v) is 10.5. The Hall–Kier alpha value is -3.45. The molecular formula is C24H21F5N4O3S. The molecule has 1 N–H and O–H groups in total. The summed E-state index contributed by atoms with van der Waals surface area (Å²) in [6.45, 7) is 0.114. The molecule has 2 atom stereocenters. The number of hydrogen-bond acceptors (Lipinski definition) is 5. The summed E-state index contributed by atoms with van der Waals surface area (Å²) in [5.41, 5.74) is 0.741. The molecule has 2 heterocycles. The predicted octanol–water partition coefficient (Wildman–Crippen LogP) is 3.95. The minimum atomic E-state index is -4.29. The van der Waals surface area contributed by atoms with Crippen LogP contribution in [-0.4, -0.2) is 47.4 Å². The van der Waals surface area contributed by atoms with Crippen LogP contribution in [0.25, 0.3) is 11.1 Å². The van der Waals surface area contributed by atoms with Gasteiger partial charge in [-0.2, -0.15) is 13.1 Å². The number of benzene rings is 2. The molecule has 0 bridgehead atoms. The summed E-state index contributed by atoms with van der Waals surface area (Å²) in [5.74, 6) is -6.23. The summed E-state index contributed by atoms with van der Waals surface area (Å²) in [7, 11) is -4.29. The van der Waals surface area contributed by atoms with Crippen LogP contribution in [0.5, 0.6) is 0 Å². The maximum atomic E-state index is 14.6. The van der Waals surface area contributed by atoms with Crippen molar-refractivity contribution in [3.63, 3.8) is 0 Å². The highest BCUT2D eigenvalue weighted by atomic mass is 32.2. The van der Waals surface area contributed by atoms with Gasteiger partial charge in [-0.05, 0) is 60.0 Å². The van der Waals surface area contributed by atoms with Crippen molar-refractivity contribution in [1.29, 1.82) is 0 Å². The van der Waals surface area contributed by atoms with Gasteiger partial charge in [0.2, 0.25) is 15.9 Å². The highest BCUT2D eigenvalue weighted by Crippen LogP contribution is 2.29. The van der Waals surface area contributed by atoms with Crippen molar-refractivity contribution in [1.82, 2.24) is 19.6 Å². The van der Waals surface area contributed by atoms with E-state index < -0.39 is 51.5 Å². The minimum absolute atomic E-state index is 0.213. The molecule has 0 aliphatic carbocycles. The van der Waals surface area contributed by atoms with Gasteiger partial charge in [-0.25, -0.2) is 31.6 Å². The Kier molecular flexibility index (Phi) is 7.29. The highest BCUT2D eigenvalue weighted by molar-refractivity contribution is 7.89. The van der Waals surface area contributed by atoms with Gasteiger partial charge in [-0.1, -0.05) is 0 Å². The number of alkyl halides is 3. The van der Waals surface area contributed by atoms with Crippen molar-refractivity contribution in [2.75, 3.05) is 6.54 Å². The molecule has 13 heteroatoms. The van der Waals surface area contributed by atoms with Crippen molar-refractivity contribution >= 4 is 15.9 Å². The number of rotatable bonds is 7. The van der Waals surface area contributed by atoms with Crippen molar-refractivity contribution in [3.05, 3.63) is 77.9 Å². The molecule has 196 valence electrons. The molecule has 1 aliphatic rings. The van der Waals surface area contributed by atoms with Gasteiger partial charge in [0.1, 0.15) is 23.8 Å². The largest absolute Gasteiger partial charge is 0.351 e. The number of carbonyl (C=O) groups excluding carboxylic acids is 1. The van der Waals surface area contributed by atoms with E-state index in [4.69, 9.17) is 0 Å². The van der Waals surface area contributed by atoms with E-state index >= 15 is 0 Å². The van der Waals surface area contributed by atoms with E-state index in [9.17, 15) is 35.2 Å². The van der Waals surface area contributed by atoms with Crippen LogP contribution in [-0.2, 0) is 27.3 Å². The number of sulfonamides is 1. The highest BCUT2D eigenvalue weighted by Gasteiger charge is 2.46. The van der Waals surface area contributed by atoms with Crippen LogP contribution < -0.4 is 5.32 Å². The average Bonchev–Trinajstić information content (AvgIpc) is 3.24. The monoisotopic (exact) mass is 540 g/mol. The standard InChI is InChI=1S/C24H21F5N4O3S/c1-24(28,29)23-31-12-16(13-32-23)15-8-14(9-18(26)10-15)11-30-22(34)21-20(27)6-7-33(21)37(35,36)19-4-2-17(25)3-5-19/h2-5,8-10,12-13,20-21H,6-7,11H2,1H3,(H,30,34)/t20-,21-/m0/s1. The van der Waals surface area contributed by atoms with E-state index in [-0.39, 0.29) is 41.1 Å². The summed E-state index contributed by atoms with van der Waals surface area (Å²) < 4.78 is 95.5. The molecule has 37 heavy (non-hydrogen) atoms. The molecule has 7 nitrogen and oxygen atoms in total. The lowest BCUT2D eigenvalue weighted by Gasteiger charge is -2.24. The summed E-state index contributed by atoms with van der Waals surface area (Å²) >= 11 is 0. The van der Waals surface area contributed by atoms with Crippen LogP contribution in [0, 0.1) is 11.6 Å². The van der Waals surface area contributed by atoms with Gasteiger partial charge < -0.3 is 5.32 Å². The fourth-order valence-electron chi connectivity index (χ4n) is 3.95. The quantitative estimate of drug-likeness (QED) is 0.459. The summed E-state index contributed by atoms with van der Waals surface area (Å²) in [5, 5.41) is 2.43. The molecular weight excluding hydrogens is 519 g/mol. The molecule has 0 saturated carbocycles. The Morgan fingerprint density at radius 3 is 2.32 bits per heavy atom. The van der Waals surface area contributed by atoms with Crippen molar-refractivity contribution in [2.45, 2.75) is 42.9 Å². The first kappa shape index (κ1) is 26.6. The van der Waals surface area contributed by atoms with E-state index in [1.54, 1.807) is 0 Å². The first-order chi connectivity index (χ1) is 17.4. The lowest BCUT2D eigenvalue weighted by Crippen LogP contribution is -2.49. The first-order valence-corrected chi connectivity index (χ1v) is 12.5. The van der Waals surface area contributed by atoms with E-state index in [1.807, 2.05) is 0 Å². The fraction of sp³-hybridized carbons (Fsp3) is 0.292. The topological polar surface area (TPSA) is 92.3 Å². The zero-order valence-electron chi connectivity index (χ0n) is 19.3. The normalized spacial score (nSPS) is 18.6. The number of nitrogens with one attached hydrogen (secondary N) is 1. The maximum Gasteiger partial charge on any atom is 0.303 e. The first-order valence-electron chi connectivity index (χ1n) is 11.1. The van der Waals surface area contributed by atoms with E-state index in [2.05, 4.69) is 15.3 Å². The number of nitrogens with zero attached hydrogens (tertiary/aromatic N) is 3. The molecule has 1 fully saturated rings. The SMILES string of the molecule is CC(F)(F)c1ncc(-c2cc(F)cc(CNC(=O)[C@@H]3[C@@H](F)CCN3S(=O)(=O)c3ccc(F)cc3)c2)cn1. The van der Waals surface area contributed by atoms with Crippen LogP contribution in [0.15, 0.2) is 59.8 Å². The van der Waals surface area contributed by atoms with Gasteiger partial charge in [0.15, 0.2) is 5.82 Å². The van der Waals surface area contributed by atoms with Gasteiger partial charge >= 0.3 is 5.92 Å². The average molecular weight is 541 g/mol. The number of halogens is 5. The molecule has 1 aliphatic heterocycles. The fourth-order valence-corrected chi connectivity index (χ4v) is 5.57. The minimum Gasteiger partial charge on any atom is -0.351 e. The van der Waals surface area contributed by atoms with Crippen LogP contribution in [0.1, 0.15) is 24.7 Å². The van der Waals surface area contributed by atoms with Gasteiger partial charge in [0.05, 0.1) is 4.90 Å². The Balaban J connectivity index is 1.51. The summed E-state index contributed by atoms with van der Waals surface area (Å²) in [6.07, 6.45) is 0.225. The van der Waals surface area contributed by atoms with Crippen LogP contribution in [0.4, 0.5) is 22.0 Å². The lowest BCUT2D eigenvalue weighted by atomic mass is 10.0. The molecule has 3 aromatic rings. The Labute approximate surface area is 209 Å². The third-order valence-electron chi connectivity index (χ3n) is 5.77. The number of carbonyl (C=O) groups is 1.